The quantitative estimate of drug-likeness (QED) is 0.857. The number of ether oxygens (including phenoxy) is 3. The number of methoxy groups -OCH3 is 1. The zero-order chi connectivity index (χ0) is 17.6. The third kappa shape index (κ3) is 4.78. The lowest BCUT2D eigenvalue weighted by atomic mass is 9.96. The van der Waals surface area contributed by atoms with Crippen LogP contribution in [0.25, 0.3) is 0 Å². The van der Waals surface area contributed by atoms with Crippen molar-refractivity contribution < 1.29 is 23.8 Å². The number of imide groups is 1. The number of carbonyl (C=O) groups is 2. The first-order chi connectivity index (χ1) is 12.2. The van der Waals surface area contributed by atoms with Crippen molar-refractivity contribution in [2.75, 3.05) is 40.0 Å². The SMILES string of the molecule is COc1ccc(C(=O)NC(=O)CN2CCC(C3OCCO3)CC2)cc1. The first kappa shape index (κ1) is 17.8. The lowest BCUT2D eigenvalue weighted by molar-refractivity contribution is -0.123. The first-order valence-corrected chi connectivity index (χ1v) is 8.59. The summed E-state index contributed by atoms with van der Waals surface area (Å²) >= 11 is 0. The molecule has 1 N–H and O–H groups in total. The largest absolute Gasteiger partial charge is 0.497 e. The van der Waals surface area contributed by atoms with Crippen molar-refractivity contribution in [2.45, 2.75) is 19.1 Å². The predicted molar refractivity (Wildman–Crippen MR) is 90.3 cm³/mol. The topological polar surface area (TPSA) is 77.1 Å². The summed E-state index contributed by atoms with van der Waals surface area (Å²) in [5, 5.41) is 2.44. The van der Waals surface area contributed by atoms with Gasteiger partial charge in [0.2, 0.25) is 5.91 Å². The molecular weight excluding hydrogens is 324 g/mol. The van der Waals surface area contributed by atoms with Gasteiger partial charge in [-0.15, -0.1) is 0 Å². The molecule has 0 spiro atoms. The Hall–Kier alpha value is -1.96. The van der Waals surface area contributed by atoms with Gasteiger partial charge < -0.3 is 14.2 Å². The van der Waals surface area contributed by atoms with Crippen molar-refractivity contribution in [1.29, 1.82) is 0 Å². The average molecular weight is 348 g/mol. The van der Waals surface area contributed by atoms with Crippen molar-refractivity contribution in [3.05, 3.63) is 29.8 Å². The van der Waals surface area contributed by atoms with Crippen LogP contribution >= 0.6 is 0 Å². The highest BCUT2D eigenvalue weighted by atomic mass is 16.7. The van der Waals surface area contributed by atoms with Crippen LogP contribution in [0.15, 0.2) is 24.3 Å². The van der Waals surface area contributed by atoms with E-state index in [1.54, 1.807) is 31.4 Å². The minimum atomic E-state index is -0.393. The highest BCUT2D eigenvalue weighted by Gasteiger charge is 2.30. The fourth-order valence-corrected chi connectivity index (χ4v) is 3.22. The van der Waals surface area contributed by atoms with Gasteiger partial charge in [0.25, 0.3) is 5.91 Å². The number of hydrogen-bond acceptors (Lipinski definition) is 6. The number of hydrogen-bond donors (Lipinski definition) is 1. The average Bonchev–Trinajstić information content (AvgIpc) is 3.17. The van der Waals surface area contributed by atoms with Crippen LogP contribution < -0.4 is 10.1 Å². The Morgan fingerprint density at radius 2 is 1.80 bits per heavy atom. The maximum atomic E-state index is 12.1. The monoisotopic (exact) mass is 348 g/mol. The fourth-order valence-electron chi connectivity index (χ4n) is 3.22. The van der Waals surface area contributed by atoms with Gasteiger partial charge in [0.05, 0.1) is 26.9 Å². The Morgan fingerprint density at radius 3 is 2.40 bits per heavy atom. The van der Waals surface area contributed by atoms with Gasteiger partial charge >= 0.3 is 0 Å². The molecule has 2 aliphatic rings. The molecule has 0 saturated carbocycles. The zero-order valence-electron chi connectivity index (χ0n) is 14.4. The number of nitrogens with zero attached hydrogens (tertiary/aromatic N) is 1. The van der Waals surface area contributed by atoms with Crippen LogP contribution in [0.4, 0.5) is 0 Å². The fraction of sp³-hybridized carbons (Fsp3) is 0.556. The van der Waals surface area contributed by atoms with Crippen LogP contribution in [0.2, 0.25) is 0 Å². The summed E-state index contributed by atoms with van der Waals surface area (Å²) in [7, 11) is 1.56. The van der Waals surface area contributed by atoms with E-state index in [4.69, 9.17) is 14.2 Å². The summed E-state index contributed by atoms with van der Waals surface area (Å²) in [5.74, 6) is 0.381. The number of rotatable bonds is 5. The van der Waals surface area contributed by atoms with Gasteiger partial charge in [-0.1, -0.05) is 0 Å². The van der Waals surface area contributed by atoms with Crippen LogP contribution in [0, 0.1) is 5.92 Å². The Kier molecular flexibility index (Phi) is 6.01. The van der Waals surface area contributed by atoms with Crippen LogP contribution in [0.1, 0.15) is 23.2 Å². The Balaban J connectivity index is 1.42. The van der Waals surface area contributed by atoms with E-state index in [9.17, 15) is 9.59 Å². The maximum Gasteiger partial charge on any atom is 0.257 e. The highest BCUT2D eigenvalue weighted by Crippen LogP contribution is 2.25. The summed E-state index contributed by atoms with van der Waals surface area (Å²) in [6.45, 7) is 3.17. The molecule has 1 aromatic carbocycles. The molecule has 0 aromatic heterocycles. The number of nitrogens with one attached hydrogen (secondary N) is 1. The maximum absolute atomic E-state index is 12.1. The number of piperidine rings is 1. The van der Waals surface area contributed by atoms with Gasteiger partial charge in [0.1, 0.15) is 5.75 Å². The summed E-state index contributed by atoms with van der Waals surface area (Å²) in [4.78, 5) is 26.3. The molecule has 0 unspecified atom stereocenters. The molecule has 3 rings (SSSR count). The van der Waals surface area contributed by atoms with E-state index in [-0.39, 0.29) is 18.7 Å². The van der Waals surface area contributed by atoms with Gasteiger partial charge in [0, 0.05) is 11.5 Å². The molecule has 25 heavy (non-hydrogen) atoms. The normalized spacial score (nSPS) is 19.7. The second-order valence-corrected chi connectivity index (χ2v) is 6.33. The van der Waals surface area contributed by atoms with Crippen LogP contribution in [0.5, 0.6) is 5.75 Å². The van der Waals surface area contributed by atoms with Gasteiger partial charge in [-0.25, -0.2) is 0 Å². The minimum absolute atomic E-state index is 0.0902. The molecule has 2 aliphatic heterocycles. The molecule has 0 aliphatic carbocycles. The van der Waals surface area contributed by atoms with E-state index in [2.05, 4.69) is 10.2 Å². The third-order valence-corrected chi connectivity index (χ3v) is 4.64. The van der Waals surface area contributed by atoms with Crippen molar-refractivity contribution in [3.63, 3.8) is 0 Å². The molecule has 7 nitrogen and oxygen atoms in total. The molecule has 7 heteroatoms. The zero-order valence-corrected chi connectivity index (χ0v) is 14.4. The van der Waals surface area contributed by atoms with Gasteiger partial charge in [-0.3, -0.25) is 19.8 Å². The van der Waals surface area contributed by atoms with Crippen molar-refractivity contribution in [1.82, 2.24) is 10.2 Å². The number of likely N-dealkylation sites (tertiary alicyclic amines) is 1. The summed E-state index contributed by atoms with van der Waals surface area (Å²) in [6.07, 6.45) is 1.78. The number of amides is 2. The van der Waals surface area contributed by atoms with E-state index >= 15 is 0 Å². The molecule has 1 aromatic rings. The molecular formula is C18H24N2O5. The molecule has 2 saturated heterocycles. The molecule has 0 atom stereocenters. The second-order valence-electron chi connectivity index (χ2n) is 6.33. The van der Waals surface area contributed by atoms with Crippen LogP contribution in [-0.2, 0) is 14.3 Å². The van der Waals surface area contributed by atoms with Crippen molar-refractivity contribution in [2.24, 2.45) is 5.92 Å². The number of benzene rings is 1. The van der Waals surface area contributed by atoms with E-state index < -0.39 is 5.91 Å². The lowest BCUT2D eigenvalue weighted by Gasteiger charge is -2.33. The van der Waals surface area contributed by atoms with Crippen molar-refractivity contribution >= 4 is 11.8 Å². The highest BCUT2D eigenvalue weighted by molar-refractivity contribution is 6.05. The van der Waals surface area contributed by atoms with E-state index in [0.29, 0.717) is 30.4 Å². The predicted octanol–water partition coefficient (Wildman–Crippen LogP) is 1.04. The molecule has 0 bridgehead atoms. The van der Waals surface area contributed by atoms with E-state index in [1.807, 2.05) is 0 Å². The molecule has 2 fully saturated rings. The second kappa shape index (κ2) is 8.42. The molecule has 2 heterocycles. The summed E-state index contributed by atoms with van der Waals surface area (Å²) < 4.78 is 16.2. The molecule has 0 radical (unpaired) electrons. The smallest absolute Gasteiger partial charge is 0.257 e. The Bertz CT molecular complexity index is 590. The van der Waals surface area contributed by atoms with Crippen molar-refractivity contribution in [3.8, 4) is 5.75 Å². The third-order valence-electron chi connectivity index (χ3n) is 4.64. The Morgan fingerprint density at radius 1 is 1.16 bits per heavy atom. The standard InChI is InChI=1S/C18H24N2O5/c1-23-15-4-2-13(3-5-15)17(22)19-16(21)12-20-8-6-14(7-9-20)18-24-10-11-25-18/h2-5,14,18H,6-12H2,1H3,(H,19,21,22). The number of carbonyl (C=O) groups excluding carboxylic acids is 2. The van der Waals surface area contributed by atoms with E-state index in [0.717, 1.165) is 25.9 Å². The van der Waals surface area contributed by atoms with Crippen LogP contribution in [0.3, 0.4) is 0 Å². The first-order valence-electron chi connectivity index (χ1n) is 8.59. The molecule has 2 amide bonds. The van der Waals surface area contributed by atoms with Gasteiger partial charge in [-0.05, 0) is 50.2 Å². The van der Waals surface area contributed by atoms with Gasteiger partial charge in [0.15, 0.2) is 6.29 Å². The lowest BCUT2D eigenvalue weighted by Crippen LogP contribution is -2.44. The summed E-state index contributed by atoms with van der Waals surface area (Å²) in [5.41, 5.74) is 0.434. The van der Waals surface area contributed by atoms with E-state index in [1.165, 1.54) is 0 Å². The summed E-state index contributed by atoms with van der Waals surface area (Å²) in [6, 6.07) is 6.65. The van der Waals surface area contributed by atoms with Gasteiger partial charge in [-0.2, -0.15) is 0 Å². The molecule has 136 valence electrons. The van der Waals surface area contributed by atoms with Crippen LogP contribution in [-0.4, -0.2) is 63.0 Å². The Labute approximate surface area is 147 Å². The minimum Gasteiger partial charge on any atom is -0.497 e.